The molecular formula is C10H10BrFO2. The number of carbonyl (C=O) groups excluding carboxylic acids is 1. The van der Waals surface area contributed by atoms with Crippen molar-refractivity contribution in [1.82, 2.24) is 0 Å². The first-order valence-corrected chi connectivity index (χ1v) is 4.85. The SMILES string of the molecule is COC(=O)Cc1cc(C)c(Br)c(F)c1. The summed E-state index contributed by atoms with van der Waals surface area (Å²) in [5.41, 5.74) is 1.39. The number of rotatable bonds is 2. The highest BCUT2D eigenvalue weighted by Crippen LogP contribution is 2.22. The lowest BCUT2D eigenvalue weighted by Gasteiger charge is -2.04. The summed E-state index contributed by atoms with van der Waals surface area (Å²) in [6.07, 6.45) is 0.0987. The van der Waals surface area contributed by atoms with Gasteiger partial charge in [0, 0.05) is 0 Å². The molecule has 14 heavy (non-hydrogen) atoms. The van der Waals surface area contributed by atoms with E-state index in [-0.39, 0.29) is 18.2 Å². The molecule has 76 valence electrons. The summed E-state index contributed by atoms with van der Waals surface area (Å²) in [5.74, 6) is -0.727. The zero-order chi connectivity index (χ0) is 10.7. The van der Waals surface area contributed by atoms with Gasteiger partial charge in [-0.05, 0) is 40.0 Å². The largest absolute Gasteiger partial charge is 0.469 e. The van der Waals surface area contributed by atoms with E-state index in [0.717, 1.165) is 5.56 Å². The molecule has 1 rings (SSSR count). The van der Waals surface area contributed by atoms with Gasteiger partial charge in [-0.25, -0.2) is 4.39 Å². The summed E-state index contributed by atoms with van der Waals surface area (Å²) in [5, 5.41) is 0. The first kappa shape index (κ1) is 11.2. The van der Waals surface area contributed by atoms with Crippen molar-refractivity contribution >= 4 is 21.9 Å². The maximum Gasteiger partial charge on any atom is 0.309 e. The Kier molecular flexibility index (Phi) is 3.63. The molecule has 0 fully saturated rings. The number of carbonyl (C=O) groups is 1. The molecule has 0 amide bonds. The molecule has 1 aromatic carbocycles. The molecule has 4 heteroatoms. The third-order valence-electron chi connectivity index (χ3n) is 1.85. The number of hydrogen-bond donors (Lipinski definition) is 0. The minimum atomic E-state index is -0.369. The molecule has 0 heterocycles. The molecule has 0 N–H and O–H groups in total. The molecule has 0 atom stereocenters. The first-order valence-electron chi connectivity index (χ1n) is 4.06. The number of aryl methyl sites for hydroxylation is 1. The summed E-state index contributed by atoms with van der Waals surface area (Å²) in [6, 6.07) is 3.08. The average Bonchev–Trinajstić information content (AvgIpc) is 2.14. The predicted octanol–water partition coefficient (Wildman–Crippen LogP) is 2.61. The Balaban J connectivity index is 2.95. The monoisotopic (exact) mass is 260 g/mol. The van der Waals surface area contributed by atoms with E-state index in [4.69, 9.17) is 0 Å². The Morgan fingerprint density at radius 1 is 1.57 bits per heavy atom. The van der Waals surface area contributed by atoms with E-state index >= 15 is 0 Å². The predicted molar refractivity (Wildman–Crippen MR) is 54.6 cm³/mol. The van der Waals surface area contributed by atoms with Crippen molar-refractivity contribution in [3.63, 3.8) is 0 Å². The van der Waals surface area contributed by atoms with E-state index in [1.165, 1.54) is 13.2 Å². The molecule has 0 saturated carbocycles. The van der Waals surface area contributed by atoms with E-state index in [0.29, 0.717) is 10.0 Å². The highest BCUT2D eigenvalue weighted by Gasteiger charge is 2.08. The Hall–Kier alpha value is -0.900. The highest BCUT2D eigenvalue weighted by molar-refractivity contribution is 9.10. The average molecular weight is 261 g/mol. The lowest BCUT2D eigenvalue weighted by Crippen LogP contribution is -2.05. The third kappa shape index (κ3) is 2.54. The molecule has 0 aliphatic carbocycles. The summed E-state index contributed by atoms with van der Waals surface area (Å²) in [4.78, 5) is 10.9. The summed E-state index contributed by atoms with van der Waals surface area (Å²) in [6.45, 7) is 1.77. The standard InChI is InChI=1S/C10H10BrFO2/c1-6-3-7(5-9(13)14-2)4-8(12)10(6)11/h3-4H,5H2,1-2H3. The Bertz CT molecular complexity index is 340. The molecule has 0 spiro atoms. The van der Waals surface area contributed by atoms with E-state index in [9.17, 15) is 9.18 Å². The molecule has 0 bridgehead atoms. The van der Waals surface area contributed by atoms with Gasteiger partial charge in [0.2, 0.25) is 0 Å². The molecule has 1 aromatic rings. The number of esters is 1. The van der Waals surface area contributed by atoms with Crippen molar-refractivity contribution in [1.29, 1.82) is 0 Å². The molecule has 0 unspecified atom stereocenters. The van der Waals surface area contributed by atoms with Gasteiger partial charge in [-0.15, -0.1) is 0 Å². The second-order valence-corrected chi connectivity index (χ2v) is 3.75. The molecule has 0 aliphatic heterocycles. The third-order valence-corrected chi connectivity index (χ3v) is 2.85. The van der Waals surface area contributed by atoms with Crippen molar-refractivity contribution in [2.45, 2.75) is 13.3 Å². The van der Waals surface area contributed by atoms with E-state index in [1.807, 2.05) is 0 Å². The van der Waals surface area contributed by atoms with E-state index in [1.54, 1.807) is 13.0 Å². The van der Waals surface area contributed by atoms with Crippen molar-refractivity contribution in [2.75, 3.05) is 7.11 Å². The number of ether oxygens (including phenoxy) is 1. The topological polar surface area (TPSA) is 26.3 Å². The number of halogens is 2. The maximum atomic E-state index is 13.2. The molecule has 0 radical (unpaired) electrons. The summed E-state index contributed by atoms with van der Waals surface area (Å²) in [7, 11) is 1.31. The van der Waals surface area contributed by atoms with Crippen LogP contribution in [0.15, 0.2) is 16.6 Å². The Morgan fingerprint density at radius 2 is 2.21 bits per heavy atom. The maximum absolute atomic E-state index is 13.2. The lowest BCUT2D eigenvalue weighted by atomic mass is 10.1. The van der Waals surface area contributed by atoms with Crippen LogP contribution in [0, 0.1) is 12.7 Å². The van der Waals surface area contributed by atoms with Crippen LogP contribution in [0.4, 0.5) is 4.39 Å². The van der Waals surface area contributed by atoms with Crippen LogP contribution in [-0.2, 0) is 16.0 Å². The van der Waals surface area contributed by atoms with Gasteiger partial charge in [-0.3, -0.25) is 4.79 Å². The van der Waals surface area contributed by atoms with Crippen LogP contribution >= 0.6 is 15.9 Å². The van der Waals surface area contributed by atoms with Crippen molar-refractivity contribution < 1.29 is 13.9 Å². The summed E-state index contributed by atoms with van der Waals surface area (Å²) < 4.78 is 18.1. The van der Waals surface area contributed by atoms with Gasteiger partial charge < -0.3 is 4.74 Å². The fourth-order valence-corrected chi connectivity index (χ4v) is 1.37. The van der Waals surface area contributed by atoms with Crippen LogP contribution in [0.5, 0.6) is 0 Å². The molecule has 2 nitrogen and oxygen atoms in total. The van der Waals surface area contributed by atoms with E-state index in [2.05, 4.69) is 20.7 Å². The van der Waals surface area contributed by atoms with Crippen LogP contribution in [0.2, 0.25) is 0 Å². The van der Waals surface area contributed by atoms with E-state index < -0.39 is 0 Å². The molecule has 0 saturated heterocycles. The minimum Gasteiger partial charge on any atom is -0.469 e. The van der Waals surface area contributed by atoms with Gasteiger partial charge in [0.15, 0.2) is 0 Å². The summed E-state index contributed by atoms with van der Waals surface area (Å²) >= 11 is 3.11. The van der Waals surface area contributed by atoms with Crippen LogP contribution in [0.3, 0.4) is 0 Å². The van der Waals surface area contributed by atoms with Crippen molar-refractivity contribution in [3.8, 4) is 0 Å². The zero-order valence-corrected chi connectivity index (χ0v) is 9.52. The van der Waals surface area contributed by atoms with Gasteiger partial charge in [0.05, 0.1) is 18.0 Å². The van der Waals surface area contributed by atoms with Gasteiger partial charge in [-0.1, -0.05) is 6.07 Å². The van der Waals surface area contributed by atoms with Gasteiger partial charge in [-0.2, -0.15) is 0 Å². The van der Waals surface area contributed by atoms with Crippen LogP contribution < -0.4 is 0 Å². The van der Waals surface area contributed by atoms with Crippen molar-refractivity contribution in [3.05, 3.63) is 33.5 Å². The fourth-order valence-electron chi connectivity index (χ4n) is 1.14. The van der Waals surface area contributed by atoms with Gasteiger partial charge in [0.25, 0.3) is 0 Å². The normalized spacial score (nSPS) is 10.0. The second kappa shape index (κ2) is 4.55. The molecular weight excluding hydrogens is 251 g/mol. The van der Waals surface area contributed by atoms with Crippen LogP contribution in [-0.4, -0.2) is 13.1 Å². The Morgan fingerprint density at radius 3 is 2.71 bits per heavy atom. The highest BCUT2D eigenvalue weighted by atomic mass is 79.9. The molecule has 0 aromatic heterocycles. The Labute approximate surface area is 90.2 Å². The fraction of sp³-hybridized carbons (Fsp3) is 0.300. The first-order chi connectivity index (χ1) is 6.54. The number of methoxy groups -OCH3 is 1. The zero-order valence-electron chi connectivity index (χ0n) is 7.93. The van der Waals surface area contributed by atoms with Gasteiger partial charge in [0.1, 0.15) is 5.82 Å². The number of hydrogen-bond acceptors (Lipinski definition) is 2. The van der Waals surface area contributed by atoms with Gasteiger partial charge >= 0.3 is 5.97 Å². The van der Waals surface area contributed by atoms with Crippen molar-refractivity contribution in [2.24, 2.45) is 0 Å². The minimum absolute atomic E-state index is 0.0987. The van der Waals surface area contributed by atoms with Crippen LogP contribution in [0.25, 0.3) is 0 Å². The molecule has 0 aliphatic rings. The smallest absolute Gasteiger partial charge is 0.309 e. The number of benzene rings is 1. The second-order valence-electron chi connectivity index (χ2n) is 2.96. The lowest BCUT2D eigenvalue weighted by molar-refractivity contribution is -0.139. The quantitative estimate of drug-likeness (QED) is 0.765. The van der Waals surface area contributed by atoms with Crippen LogP contribution in [0.1, 0.15) is 11.1 Å².